The van der Waals surface area contributed by atoms with Crippen LogP contribution in [0.15, 0.2) is 47.1 Å². The minimum absolute atomic E-state index is 0.117. The highest BCUT2D eigenvalue weighted by atomic mass is 19.1. The standard InChI is InChI=1S/C19H19FN2O/c1-11(2)17-9-14(19(23)12(17)3)8-16-10-18(22-21-16)13-4-6-15(20)7-5-13/h4-8,10-11H,9H2,1-3H3,(H,21,22)/b14-8+. The zero-order valence-electron chi connectivity index (χ0n) is 13.5. The van der Waals surface area contributed by atoms with Crippen LogP contribution in [0.1, 0.15) is 32.9 Å². The maximum Gasteiger partial charge on any atom is 0.185 e. The summed E-state index contributed by atoms with van der Waals surface area (Å²) in [5, 5.41) is 7.17. The number of aromatic nitrogens is 2. The maximum atomic E-state index is 13.0. The normalized spacial score (nSPS) is 16.9. The van der Waals surface area contributed by atoms with E-state index in [0.29, 0.717) is 12.3 Å². The molecule has 0 radical (unpaired) electrons. The predicted molar refractivity (Wildman–Crippen MR) is 89.1 cm³/mol. The fourth-order valence-electron chi connectivity index (χ4n) is 2.93. The molecule has 23 heavy (non-hydrogen) atoms. The number of rotatable bonds is 3. The Labute approximate surface area is 134 Å². The molecule has 0 amide bonds. The number of aromatic amines is 1. The van der Waals surface area contributed by atoms with Gasteiger partial charge < -0.3 is 0 Å². The number of Topliss-reactive ketones (excluding diaryl/α,β-unsaturated/α-hetero) is 1. The smallest absolute Gasteiger partial charge is 0.185 e. The average Bonchev–Trinajstić information content (AvgIpc) is 3.08. The molecule has 3 nitrogen and oxygen atoms in total. The van der Waals surface area contributed by atoms with Gasteiger partial charge in [-0.1, -0.05) is 19.4 Å². The third-order valence-electron chi connectivity index (χ3n) is 4.26. The molecule has 0 saturated heterocycles. The first-order valence-electron chi connectivity index (χ1n) is 7.72. The first-order valence-corrected chi connectivity index (χ1v) is 7.72. The van der Waals surface area contributed by atoms with Gasteiger partial charge in [-0.15, -0.1) is 0 Å². The largest absolute Gasteiger partial charge is 0.289 e. The second-order valence-electron chi connectivity index (χ2n) is 6.20. The van der Waals surface area contributed by atoms with Crippen LogP contribution in [0.25, 0.3) is 17.3 Å². The first kappa shape index (κ1) is 15.4. The van der Waals surface area contributed by atoms with E-state index < -0.39 is 0 Å². The molecule has 1 N–H and O–H groups in total. The Kier molecular flexibility index (Phi) is 3.99. The lowest BCUT2D eigenvalue weighted by atomic mass is 9.99. The van der Waals surface area contributed by atoms with Gasteiger partial charge in [0.2, 0.25) is 0 Å². The van der Waals surface area contributed by atoms with Crippen molar-refractivity contribution < 1.29 is 9.18 Å². The zero-order valence-corrected chi connectivity index (χ0v) is 13.5. The Morgan fingerprint density at radius 2 is 1.96 bits per heavy atom. The van der Waals surface area contributed by atoms with Gasteiger partial charge in [-0.2, -0.15) is 5.10 Å². The lowest BCUT2D eigenvalue weighted by Gasteiger charge is -2.05. The summed E-state index contributed by atoms with van der Waals surface area (Å²) in [6, 6.07) is 8.06. The zero-order chi connectivity index (χ0) is 16.6. The van der Waals surface area contributed by atoms with Crippen molar-refractivity contribution >= 4 is 11.9 Å². The van der Waals surface area contributed by atoms with Gasteiger partial charge in [0.05, 0.1) is 11.4 Å². The number of halogens is 1. The highest BCUT2D eigenvalue weighted by Crippen LogP contribution is 2.33. The van der Waals surface area contributed by atoms with Gasteiger partial charge in [0.25, 0.3) is 0 Å². The van der Waals surface area contributed by atoms with Crippen LogP contribution in [0.2, 0.25) is 0 Å². The molecule has 118 valence electrons. The van der Waals surface area contributed by atoms with E-state index in [9.17, 15) is 9.18 Å². The summed E-state index contributed by atoms with van der Waals surface area (Å²) in [5.74, 6) is 0.221. The summed E-state index contributed by atoms with van der Waals surface area (Å²) in [5.41, 5.74) is 5.22. The van der Waals surface area contributed by atoms with Crippen molar-refractivity contribution in [3.8, 4) is 11.3 Å². The molecule has 2 aromatic rings. The number of allylic oxidation sites excluding steroid dienone is 3. The van der Waals surface area contributed by atoms with Gasteiger partial charge in [0.1, 0.15) is 5.82 Å². The number of nitrogens with zero attached hydrogens (tertiary/aromatic N) is 1. The molecule has 1 aromatic carbocycles. The van der Waals surface area contributed by atoms with Crippen molar-refractivity contribution in [2.75, 3.05) is 0 Å². The second kappa shape index (κ2) is 5.95. The molecule has 1 aromatic heterocycles. The van der Waals surface area contributed by atoms with Crippen LogP contribution in [0.5, 0.6) is 0 Å². The van der Waals surface area contributed by atoms with Crippen molar-refractivity contribution in [1.82, 2.24) is 10.2 Å². The van der Waals surface area contributed by atoms with E-state index in [1.807, 2.05) is 19.1 Å². The average molecular weight is 310 g/mol. The molecular formula is C19H19FN2O. The van der Waals surface area contributed by atoms with E-state index in [0.717, 1.165) is 28.1 Å². The lowest BCUT2D eigenvalue weighted by Crippen LogP contribution is -1.96. The van der Waals surface area contributed by atoms with Gasteiger partial charge in [-0.25, -0.2) is 4.39 Å². The molecule has 0 spiro atoms. The van der Waals surface area contributed by atoms with Gasteiger partial charge in [0.15, 0.2) is 5.78 Å². The molecule has 0 saturated carbocycles. The molecular weight excluding hydrogens is 291 g/mol. The second-order valence-corrected chi connectivity index (χ2v) is 6.20. The van der Waals surface area contributed by atoms with Crippen LogP contribution >= 0.6 is 0 Å². The molecule has 0 atom stereocenters. The third kappa shape index (κ3) is 3.02. The van der Waals surface area contributed by atoms with Crippen molar-refractivity contribution in [3.05, 3.63) is 58.6 Å². The van der Waals surface area contributed by atoms with Crippen LogP contribution in [-0.2, 0) is 4.79 Å². The summed E-state index contributed by atoms with van der Waals surface area (Å²) in [7, 11) is 0. The van der Waals surface area contributed by atoms with Crippen molar-refractivity contribution in [1.29, 1.82) is 0 Å². The Hall–Kier alpha value is -2.49. The van der Waals surface area contributed by atoms with Crippen LogP contribution in [0, 0.1) is 11.7 Å². The first-order chi connectivity index (χ1) is 11.0. The van der Waals surface area contributed by atoms with Crippen molar-refractivity contribution in [2.24, 2.45) is 5.92 Å². The van der Waals surface area contributed by atoms with E-state index in [1.165, 1.54) is 17.7 Å². The van der Waals surface area contributed by atoms with E-state index in [1.54, 1.807) is 12.1 Å². The summed E-state index contributed by atoms with van der Waals surface area (Å²) in [6.45, 7) is 6.12. The Morgan fingerprint density at radius 3 is 2.57 bits per heavy atom. The Balaban J connectivity index is 1.85. The van der Waals surface area contributed by atoms with Gasteiger partial charge in [-0.3, -0.25) is 9.89 Å². The minimum atomic E-state index is -0.272. The van der Waals surface area contributed by atoms with Gasteiger partial charge >= 0.3 is 0 Å². The van der Waals surface area contributed by atoms with Crippen LogP contribution in [0.4, 0.5) is 4.39 Å². The summed E-state index contributed by atoms with van der Waals surface area (Å²) >= 11 is 0. The summed E-state index contributed by atoms with van der Waals surface area (Å²) in [4.78, 5) is 12.3. The monoisotopic (exact) mass is 310 g/mol. The van der Waals surface area contributed by atoms with Crippen LogP contribution < -0.4 is 0 Å². The van der Waals surface area contributed by atoms with Crippen LogP contribution in [0.3, 0.4) is 0 Å². The number of H-pyrrole nitrogens is 1. The molecule has 1 heterocycles. The lowest BCUT2D eigenvalue weighted by molar-refractivity contribution is -0.111. The van der Waals surface area contributed by atoms with Gasteiger partial charge in [0, 0.05) is 11.1 Å². The minimum Gasteiger partial charge on any atom is -0.289 e. The molecule has 4 heteroatoms. The maximum absolute atomic E-state index is 13.0. The molecule has 0 fully saturated rings. The van der Waals surface area contributed by atoms with Crippen molar-refractivity contribution in [3.63, 3.8) is 0 Å². The molecule has 3 rings (SSSR count). The molecule has 0 aliphatic heterocycles. The number of benzene rings is 1. The Morgan fingerprint density at radius 1 is 1.26 bits per heavy atom. The number of nitrogens with one attached hydrogen (secondary N) is 1. The summed E-state index contributed by atoms with van der Waals surface area (Å²) in [6.07, 6.45) is 2.56. The SMILES string of the molecule is CC1=C(C(C)C)C/C(=C\c2cc(-c3ccc(F)cc3)n[nH]2)C1=O. The third-order valence-corrected chi connectivity index (χ3v) is 4.26. The topological polar surface area (TPSA) is 45.8 Å². The quantitative estimate of drug-likeness (QED) is 0.846. The highest BCUT2D eigenvalue weighted by Gasteiger charge is 2.26. The number of hydrogen-bond donors (Lipinski definition) is 1. The van der Waals surface area contributed by atoms with Gasteiger partial charge in [-0.05, 0) is 61.2 Å². The van der Waals surface area contributed by atoms with E-state index >= 15 is 0 Å². The van der Waals surface area contributed by atoms with E-state index in [4.69, 9.17) is 0 Å². The molecule has 1 aliphatic rings. The Bertz CT molecular complexity index is 810. The molecule has 0 bridgehead atoms. The number of carbonyl (C=O) groups excluding carboxylic acids is 1. The highest BCUT2D eigenvalue weighted by molar-refractivity contribution is 6.14. The van der Waals surface area contributed by atoms with E-state index in [2.05, 4.69) is 24.0 Å². The predicted octanol–water partition coefficient (Wildman–Crippen LogP) is 4.54. The number of carbonyl (C=O) groups is 1. The number of ketones is 1. The molecule has 1 aliphatic carbocycles. The van der Waals surface area contributed by atoms with Crippen molar-refractivity contribution in [2.45, 2.75) is 27.2 Å². The molecule has 0 unspecified atom stereocenters. The fourth-order valence-corrected chi connectivity index (χ4v) is 2.93. The number of hydrogen-bond acceptors (Lipinski definition) is 2. The van der Waals surface area contributed by atoms with Crippen LogP contribution in [-0.4, -0.2) is 16.0 Å². The summed E-state index contributed by atoms with van der Waals surface area (Å²) < 4.78 is 13.0. The van der Waals surface area contributed by atoms with E-state index in [-0.39, 0.29) is 11.6 Å². The fraction of sp³-hybridized carbons (Fsp3) is 0.263.